The van der Waals surface area contributed by atoms with Crippen molar-refractivity contribution in [3.05, 3.63) is 42.0 Å². The number of anilines is 1. The molecule has 2 aromatic carbocycles. The van der Waals surface area contributed by atoms with E-state index >= 15 is 0 Å². The van der Waals surface area contributed by atoms with Crippen molar-refractivity contribution in [2.45, 2.75) is 18.6 Å². The predicted octanol–water partition coefficient (Wildman–Crippen LogP) is 1.64. The van der Waals surface area contributed by atoms with E-state index in [1.54, 1.807) is 6.07 Å². The van der Waals surface area contributed by atoms with Crippen LogP contribution < -0.4 is 4.90 Å². The molecule has 0 saturated carbocycles. The third kappa shape index (κ3) is 2.01. The molecule has 1 heterocycles. The van der Waals surface area contributed by atoms with Gasteiger partial charge in [0.1, 0.15) is 0 Å². The van der Waals surface area contributed by atoms with Crippen LogP contribution in [0, 0.1) is 11.3 Å². The van der Waals surface area contributed by atoms with E-state index in [9.17, 15) is 15.5 Å². The summed E-state index contributed by atoms with van der Waals surface area (Å²) in [6.45, 7) is 0.534. The van der Waals surface area contributed by atoms with Crippen molar-refractivity contribution >= 4 is 16.5 Å². The number of aliphatic hydroxyl groups is 2. The van der Waals surface area contributed by atoms with E-state index in [2.05, 4.69) is 6.07 Å². The first kappa shape index (κ1) is 12.9. The molecule has 4 heteroatoms. The average molecular weight is 268 g/mol. The van der Waals surface area contributed by atoms with Crippen molar-refractivity contribution in [1.29, 1.82) is 5.26 Å². The van der Waals surface area contributed by atoms with E-state index in [4.69, 9.17) is 0 Å². The number of aliphatic hydroxyl groups excluding tert-OH is 2. The standard InChI is InChI=1S/C16H16N2O2/c17-8-11-5-6-16(15-4-2-1-3-14(11)15)18-9-13(20)7-12(18)10-19/h1-6,12-13,19-20H,7,9-10H2/t12-,13-/m1/s1. The molecule has 0 aromatic heterocycles. The van der Waals surface area contributed by atoms with E-state index in [-0.39, 0.29) is 12.6 Å². The van der Waals surface area contributed by atoms with Gasteiger partial charge in [0.15, 0.2) is 0 Å². The van der Waals surface area contributed by atoms with Crippen LogP contribution in [0.25, 0.3) is 10.8 Å². The average Bonchev–Trinajstić information content (AvgIpc) is 2.87. The summed E-state index contributed by atoms with van der Waals surface area (Å²) in [6, 6.07) is 13.6. The minimum absolute atomic E-state index is 0.0192. The van der Waals surface area contributed by atoms with Gasteiger partial charge in [0.2, 0.25) is 0 Å². The van der Waals surface area contributed by atoms with E-state index in [1.165, 1.54) is 0 Å². The Bertz CT molecular complexity index is 678. The van der Waals surface area contributed by atoms with E-state index < -0.39 is 6.10 Å². The fourth-order valence-corrected chi connectivity index (χ4v) is 2.99. The van der Waals surface area contributed by atoms with Crippen LogP contribution in [0.5, 0.6) is 0 Å². The normalized spacial score (nSPS) is 22.1. The summed E-state index contributed by atoms with van der Waals surface area (Å²) in [7, 11) is 0. The van der Waals surface area contributed by atoms with Gasteiger partial charge in [-0.3, -0.25) is 0 Å². The summed E-state index contributed by atoms with van der Waals surface area (Å²) < 4.78 is 0. The van der Waals surface area contributed by atoms with Crippen LogP contribution in [-0.4, -0.2) is 35.5 Å². The summed E-state index contributed by atoms with van der Waals surface area (Å²) in [5.41, 5.74) is 1.61. The Morgan fingerprint density at radius 3 is 2.65 bits per heavy atom. The van der Waals surface area contributed by atoms with Crippen molar-refractivity contribution in [2.24, 2.45) is 0 Å². The Balaban J connectivity index is 2.15. The number of rotatable bonds is 2. The largest absolute Gasteiger partial charge is 0.394 e. The molecule has 2 atom stereocenters. The lowest BCUT2D eigenvalue weighted by Gasteiger charge is -2.26. The number of nitrogens with zero attached hydrogens (tertiary/aromatic N) is 2. The maximum Gasteiger partial charge on any atom is 0.0998 e. The smallest absolute Gasteiger partial charge is 0.0998 e. The molecule has 0 amide bonds. The van der Waals surface area contributed by atoms with Crippen molar-refractivity contribution in [3.8, 4) is 6.07 Å². The van der Waals surface area contributed by atoms with Gasteiger partial charge >= 0.3 is 0 Å². The van der Waals surface area contributed by atoms with Gasteiger partial charge in [0.25, 0.3) is 0 Å². The van der Waals surface area contributed by atoms with E-state index in [0.717, 1.165) is 16.5 Å². The molecule has 1 aliphatic heterocycles. The molecule has 0 radical (unpaired) electrons. The molecule has 102 valence electrons. The quantitative estimate of drug-likeness (QED) is 0.869. The van der Waals surface area contributed by atoms with E-state index in [0.29, 0.717) is 18.5 Å². The molecule has 0 unspecified atom stereocenters. The zero-order valence-electron chi connectivity index (χ0n) is 11.0. The molecule has 1 aliphatic rings. The van der Waals surface area contributed by atoms with Gasteiger partial charge in [-0.15, -0.1) is 0 Å². The highest BCUT2D eigenvalue weighted by Gasteiger charge is 2.31. The highest BCUT2D eigenvalue weighted by Crippen LogP contribution is 2.33. The summed E-state index contributed by atoms with van der Waals surface area (Å²) in [5.74, 6) is 0. The van der Waals surface area contributed by atoms with Gasteiger partial charge in [-0.2, -0.15) is 5.26 Å². The first-order valence-electron chi connectivity index (χ1n) is 6.72. The van der Waals surface area contributed by atoms with Crippen molar-refractivity contribution < 1.29 is 10.2 Å². The van der Waals surface area contributed by atoms with Gasteiger partial charge < -0.3 is 15.1 Å². The zero-order chi connectivity index (χ0) is 14.1. The van der Waals surface area contributed by atoms with Crippen LogP contribution in [0.4, 0.5) is 5.69 Å². The number of β-amino-alcohol motifs (C(OH)–C–C–N with tert-alkyl or cyclic N) is 1. The summed E-state index contributed by atoms with van der Waals surface area (Å²) in [4.78, 5) is 2.04. The molecule has 4 nitrogen and oxygen atoms in total. The highest BCUT2D eigenvalue weighted by molar-refractivity contribution is 5.98. The maximum atomic E-state index is 9.83. The predicted molar refractivity (Wildman–Crippen MR) is 77.5 cm³/mol. The molecule has 3 rings (SSSR count). The van der Waals surface area contributed by atoms with Crippen LogP contribution in [-0.2, 0) is 0 Å². The Hall–Kier alpha value is -2.09. The fourth-order valence-electron chi connectivity index (χ4n) is 2.99. The van der Waals surface area contributed by atoms with Crippen LogP contribution >= 0.6 is 0 Å². The van der Waals surface area contributed by atoms with Crippen LogP contribution in [0.2, 0.25) is 0 Å². The highest BCUT2D eigenvalue weighted by atomic mass is 16.3. The van der Waals surface area contributed by atoms with Gasteiger partial charge in [-0.1, -0.05) is 24.3 Å². The number of hydrogen-bond donors (Lipinski definition) is 2. The van der Waals surface area contributed by atoms with Crippen LogP contribution in [0.1, 0.15) is 12.0 Å². The minimum Gasteiger partial charge on any atom is -0.394 e. The Kier molecular flexibility index (Phi) is 3.31. The molecular formula is C16H16N2O2. The van der Waals surface area contributed by atoms with Gasteiger partial charge in [-0.05, 0) is 18.6 Å². The monoisotopic (exact) mass is 268 g/mol. The van der Waals surface area contributed by atoms with Gasteiger partial charge in [-0.25, -0.2) is 0 Å². The second-order valence-corrected chi connectivity index (χ2v) is 5.17. The molecule has 1 saturated heterocycles. The summed E-state index contributed by atoms with van der Waals surface area (Å²) >= 11 is 0. The number of hydrogen-bond acceptors (Lipinski definition) is 4. The fraction of sp³-hybridized carbons (Fsp3) is 0.312. The Morgan fingerprint density at radius 1 is 1.20 bits per heavy atom. The Labute approximate surface area is 117 Å². The maximum absolute atomic E-state index is 9.83. The van der Waals surface area contributed by atoms with Gasteiger partial charge in [0, 0.05) is 23.0 Å². The molecule has 1 fully saturated rings. The van der Waals surface area contributed by atoms with Crippen LogP contribution in [0.3, 0.4) is 0 Å². The Morgan fingerprint density at radius 2 is 1.95 bits per heavy atom. The molecule has 0 bridgehead atoms. The summed E-state index contributed by atoms with van der Waals surface area (Å²) in [5, 5.41) is 30.4. The van der Waals surface area contributed by atoms with Gasteiger partial charge in [0.05, 0.1) is 30.4 Å². The first-order valence-corrected chi connectivity index (χ1v) is 6.72. The summed E-state index contributed by atoms with van der Waals surface area (Å²) in [6.07, 6.45) is 0.159. The molecule has 2 N–H and O–H groups in total. The minimum atomic E-state index is -0.415. The van der Waals surface area contributed by atoms with Crippen molar-refractivity contribution in [3.63, 3.8) is 0 Å². The molecule has 20 heavy (non-hydrogen) atoms. The van der Waals surface area contributed by atoms with Crippen molar-refractivity contribution in [1.82, 2.24) is 0 Å². The number of nitriles is 1. The molecule has 0 spiro atoms. The third-order valence-corrected chi connectivity index (χ3v) is 3.93. The molecular weight excluding hydrogens is 252 g/mol. The molecule has 0 aliphatic carbocycles. The lowest BCUT2D eigenvalue weighted by atomic mass is 10.0. The zero-order valence-corrected chi connectivity index (χ0v) is 11.0. The third-order valence-electron chi connectivity index (χ3n) is 3.93. The van der Waals surface area contributed by atoms with Crippen LogP contribution in [0.15, 0.2) is 36.4 Å². The van der Waals surface area contributed by atoms with E-state index in [1.807, 2.05) is 35.2 Å². The topological polar surface area (TPSA) is 67.5 Å². The molecule has 2 aromatic rings. The second-order valence-electron chi connectivity index (χ2n) is 5.17. The second kappa shape index (κ2) is 5.12. The number of benzene rings is 2. The lowest BCUT2D eigenvalue weighted by Crippen LogP contribution is -2.32. The van der Waals surface area contributed by atoms with Crippen molar-refractivity contribution in [2.75, 3.05) is 18.1 Å². The number of fused-ring (bicyclic) bond motifs is 1. The lowest BCUT2D eigenvalue weighted by molar-refractivity contribution is 0.184. The first-order chi connectivity index (χ1) is 9.74. The SMILES string of the molecule is N#Cc1ccc(N2C[C@H](O)C[C@@H]2CO)c2ccccc12.